The highest BCUT2D eigenvalue weighted by Gasteiger charge is 2.23. The first kappa shape index (κ1) is 16.8. The molecule has 0 spiro atoms. The van der Waals surface area contributed by atoms with E-state index in [4.69, 9.17) is 0 Å². The molecule has 136 valence electrons. The fraction of sp³-hybridized carbons (Fsp3) is 0.111. The van der Waals surface area contributed by atoms with Gasteiger partial charge in [0, 0.05) is 0 Å². The van der Waals surface area contributed by atoms with E-state index in [1.807, 2.05) is 12.1 Å². The lowest BCUT2D eigenvalue weighted by atomic mass is 9.88. The van der Waals surface area contributed by atoms with E-state index in [1.165, 1.54) is 44.5 Å². The Morgan fingerprint density at radius 3 is 2.21 bits per heavy atom. The Kier molecular flexibility index (Phi) is 4.21. The van der Waals surface area contributed by atoms with Crippen LogP contribution in [-0.4, -0.2) is 5.11 Å². The fourth-order valence-electron chi connectivity index (χ4n) is 4.38. The average molecular weight is 362 g/mol. The Balaban J connectivity index is 1.61. The zero-order valence-corrected chi connectivity index (χ0v) is 15.7. The van der Waals surface area contributed by atoms with Gasteiger partial charge >= 0.3 is 0 Å². The van der Waals surface area contributed by atoms with Gasteiger partial charge in [0.1, 0.15) is 5.75 Å². The number of aryl methyl sites for hydroxylation is 2. The minimum atomic E-state index is 0.311. The monoisotopic (exact) mass is 362 g/mol. The molecular formula is C27H22O. The molecule has 0 aromatic heterocycles. The molecule has 0 amide bonds. The lowest BCUT2D eigenvalue weighted by Crippen LogP contribution is -1.98. The molecule has 1 nitrogen and oxygen atoms in total. The number of hydrogen-bond acceptors (Lipinski definition) is 1. The minimum Gasteiger partial charge on any atom is -0.508 e. The molecule has 1 aliphatic rings. The van der Waals surface area contributed by atoms with E-state index in [1.54, 1.807) is 12.1 Å². The van der Waals surface area contributed by atoms with Crippen molar-refractivity contribution in [2.45, 2.75) is 19.3 Å². The van der Waals surface area contributed by atoms with Crippen LogP contribution < -0.4 is 0 Å². The molecule has 0 bridgehead atoms. The molecular weight excluding hydrogens is 340 g/mol. The summed E-state index contributed by atoms with van der Waals surface area (Å²) in [6, 6.07) is 31.6. The molecule has 5 rings (SSSR count). The van der Waals surface area contributed by atoms with Crippen LogP contribution in [0.4, 0.5) is 0 Å². The third-order valence-electron chi connectivity index (χ3n) is 5.76. The number of fused-ring (bicyclic) bond motifs is 3. The van der Waals surface area contributed by atoms with Gasteiger partial charge in [-0.15, -0.1) is 0 Å². The van der Waals surface area contributed by atoms with Crippen molar-refractivity contribution in [1.29, 1.82) is 0 Å². The molecule has 28 heavy (non-hydrogen) atoms. The summed E-state index contributed by atoms with van der Waals surface area (Å²) in [7, 11) is 0. The molecule has 0 atom stereocenters. The van der Waals surface area contributed by atoms with Crippen molar-refractivity contribution in [3.63, 3.8) is 0 Å². The van der Waals surface area contributed by atoms with Gasteiger partial charge in [0.25, 0.3) is 0 Å². The molecule has 0 saturated heterocycles. The van der Waals surface area contributed by atoms with Crippen molar-refractivity contribution in [2.24, 2.45) is 0 Å². The highest BCUT2D eigenvalue weighted by atomic mass is 16.3. The topological polar surface area (TPSA) is 20.2 Å². The number of aromatic hydroxyl groups is 1. The van der Waals surface area contributed by atoms with Crippen molar-refractivity contribution >= 4 is 0 Å². The van der Waals surface area contributed by atoms with Gasteiger partial charge in [0.15, 0.2) is 0 Å². The quantitative estimate of drug-likeness (QED) is 0.391. The van der Waals surface area contributed by atoms with Gasteiger partial charge in [-0.25, -0.2) is 0 Å². The number of rotatable bonds is 4. The largest absolute Gasteiger partial charge is 0.508 e. The van der Waals surface area contributed by atoms with Gasteiger partial charge in [0.05, 0.1) is 0 Å². The molecule has 0 heterocycles. The number of benzene rings is 4. The maximum Gasteiger partial charge on any atom is 0.115 e. The lowest BCUT2D eigenvalue weighted by molar-refractivity contribution is 0.475. The van der Waals surface area contributed by atoms with Crippen LogP contribution in [0.1, 0.15) is 22.3 Å². The van der Waals surface area contributed by atoms with Crippen molar-refractivity contribution in [3.05, 3.63) is 113 Å². The van der Waals surface area contributed by atoms with Crippen molar-refractivity contribution < 1.29 is 5.11 Å². The van der Waals surface area contributed by atoms with Gasteiger partial charge in [0.2, 0.25) is 0 Å². The summed E-state index contributed by atoms with van der Waals surface area (Å²) >= 11 is 0. The molecule has 4 aromatic carbocycles. The van der Waals surface area contributed by atoms with Crippen molar-refractivity contribution in [2.75, 3.05) is 0 Å². The average Bonchev–Trinajstić information content (AvgIpc) is 3.12. The van der Waals surface area contributed by atoms with E-state index < -0.39 is 0 Å². The summed E-state index contributed by atoms with van der Waals surface area (Å²) in [4.78, 5) is 0. The van der Waals surface area contributed by atoms with Crippen LogP contribution in [0.2, 0.25) is 0 Å². The highest BCUT2D eigenvalue weighted by molar-refractivity contribution is 5.86. The van der Waals surface area contributed by atoms with E-state index >= 15 is 0 Å². The zero-order chi connectivity index (χ0) is 18.9. The van der Waals surface area contributed by atoms with Gasteiger partial charge in [-0.1, -0.05) is 78.9 Å². The molecule has 0 aliphatic heterocycles. The predicted octanol–water partition coefficient (Wildman–Crippen LogP) is 6.42. The van der Waals surface area contributed by atoms with E-state index in [9.17, 15) is 5.11 Å². The summed E-state index contributed by atoms with van der Waals surface area (Å²) in [6.45, 7) is 0. The summed E-state index contributed by atoms with van der Waals surface area (Å²) in [5.74, 6) is 0.311. The number of hydrogen-bond donors (Lipinski definition) is 1. The molecule has 1 N–H and O–H groups in total. The SMILES string of the molecule is Oc1ccc(-c2c(CCc3ccccc3)ccc3c2Cc2ccccc2-3)cc1. The van der Waals surface area contributed by atoms with Crippen molar-refractivity contribution in [3.8, 4) is 28.0 Å². The second kappa shape index (κ2) is 7.01. The molecule has 0 fully saturated rings. The van der Waals surface area contributed by atoms with Crippen LogP contribution in [0.5, 0.6) is 5.75 Å². The second-order valence-corrected chi connectivity index (χ2v) is 7.49. The molecule has 0 radical (unpaired) electrons. The Bertz CT molecular complexity index is 1120. The second-order valence-electron chi connectivity index (χ2n) is 7.49. The summed E-state index contributed by atoms with van der Waals surface area (Å²) < 4.78 is 0. The first-order valence-corrected chi connectivity index (χ1v) is 9.86. The first-order chi connectivity index (χ1) is 13.8. The third kappa shape index (κ3) is 2.99. The van der Waals surface area contributed by atoms with E-state index in [2.05, 4.69) is 66.7 Å². The van der Waals surface area contributed by atoms with Crippen LogP contribution in [0, 0.1) is 0 Å². The highest BCUT2D eigenvalue weighted by Crippen LogP contribution is 2.43. The number of phenolic OH excluding ortho intramolecular Hbond substituents is 1. The molecule has 0 saturated carbocycles. The zero-order valence-electron chi connectivity index (χ0n) is 15.7. The molecule has 4 aromatic rings. The Labute approximate surface area is 165 Å². The smallest absolute Gasteiger partial charge is 0.115 e. The van der Waals surface area contributed by atoms with Crippen LogP contribution in [-0.2, 0) is 19.3 Å². The molecule has 0 unspecified atom stereocenters. The Morgan fingerprint density at radius 1 is 0.643 bits per heavy atom. The minimum absolute atomic E-state index is 0.311. The van der Waals surface area contributed by atoms with Gasteiger partial charge in [-0.2, -0.15) is 0 Å². The fourth-order valence-corrected chi connectivity index (χ4v) is 4.38. The maximum absolute atomic E-state index is 9.76. The summed E-state index contributed by atoms with van der Waals surface area (Å²) in [6.07, 6.45) is 3.00. The predicted molar refractivity (Wildman–Crippen MR) is 116 cm³/mol. The van der Waals surface area contributed by atoms with Gasteiger partial charge < -0.3 is 5.11 Å². The third-order valence-corrected chi connectivity index (χ3v) is 5.76. The number of phenols is 1. The summed E-state index contributed by atoms with van der Waals surface area (Å²) in [5, 5.41) is 9.76. The van der Waals surface area contributed by atoms with Crippen molar-refractivity contribution in [1.82, 2.24) is 0 Å². The molecule has 1 aliphatic carbocycles. The van der Waals surface area contributed by atoms with Crippen LogP contribution in [0.15, 0.2) is 91.0 Å². The van der Waals surface area contributed by atoms with E-state index in [-0.39, 0.29) is 0 Å². The van der Waals surface area contributed by atoms with Crippen LogP contribution >= 0.6 is 0 Å². The maximum atomic E-state index is 9.76. The van der Waals surface area contributed by atoms with E-state index in [0.717, 1.165) is 19.3 Å². The van der Waals surface area contributed by atoms with Crippen LogP contribution in [0.25, 0.3) is 22.3 Å². The lowest BCUT2D eigenvalue weighted by Gasteiger charge is -2.16. The van der Waals surface area contributed by atoms with E-state index in [0.29, 0.717) is 5.75 Å². The normalized spacial score (nSPS) is 11.9. The molecule has 1 heteroatoms. The standard InChI is InChI=1S/C27H22O/c28-23-15-12-21(13-16-23)27-20(11-10-19-6-2-1-3-7-19)14-17-25-24-9-5-4-8-22(24)18-26(25)27/h1-9,12-17,28H,10-11,18H2. The van der Waals surface area contributed by atoms with Crippen LogP contribution in [0.3, 0.4) is 0 Å². The first-order valence-electron chi connectivity index (χ1n) is 9.86. The van der Waals surface area contributed by atoms with Gasteiger partial charge in [-0.05, 0) is 75.9 Å². The summed E-state index contributed by atoms with van der Waals surface area (Å²) in [5.41, 5.74) is 10.8. The Morgan fingerprint density at radius 2 is 1.39 bits per heavy atom. The van der Waals surface area contributed by atoms with Gasteiger partial charge in [-0.3, -0.25) is 0 Å². The Hall–Kier alpha value is -3.32.